The molecule has 0 aromatic heterocycles. The number of carbonyl (C=O) groups is 2. The fourth-order valence-electron chi connectivity index (χ4n) is 0.981. The molecule has 1 aromatic rings. The van der Waals surface area contributed by atoms with E-state index in [1.165, 1.54) is 12.1 Å². The van der Waals surface area contributed by atoms with Crippen molar-refractivity contribution in [1.82, 2.24) is 0 Å². The van der Waals surface area contributed by atoms with Crippen LogP contribution in [0.5, 0.6) is 0 Å². The summed E-state index contributed by atoms with van der Waals surface area (Å²) in [6.07, 6.45) is -0.290. The van der Waals surface area contributed by atoms with E-state index in [2.05, 4.69) is 9.47 Å². The minimum absolute atomic E-state index is 0. The lowest BCUT2D eigenvalue weighted by molar-refractivity contribution is -0.153. The monoisotopic (exact) mass is 292 g/mol. The maximum atomic E-state index is 11.9. The highest BCUT2D eigenvalue weighted by Gasteiger charge is 2.09. The first-order valence-electron chi connectivity index (χ1n) is 5.72. The van der Waals surface area contributed by atoms with E-state index in [9.17, 15) is 18.4 Å². The van der Waals surface area contributed by atoms with E-state index in [0.717, 1.165) is 12.1 Å². The third-order valence-corrected chi connectivity index (χ3v) is 1.72. The van der Waals surface area contributed by atoms with Gasteiger partial charge in [0.15, 0.2) is 11.6 Å². The van der Waals surface area contributed by atoms with Gasteiger partial charge in [0.05, 0.1) is 13.2 Å². The largest absolute Gasteiger partial charge is 0.466 e. The van der Waals surface area contributed by atoms with Crippen molar-refractivity contribution in [3.63, 3.8) is 0 Å². The zero-order valence-corrected chi connectivity index (χ0v) is 11.3. The third-order valence-electron chi connectivity index (χ3n) is 1.72. The number of hydrogen-bond donors (Lipinski definition) is 0. The molecule has 2 N–H and O–H groups in total. The molecular weight excluding hydrogens is 274 g/mol. The number of benzene rings is 1. The molecule has 0 fully saturated rings. The third kappa shape index (κ3) is 9.95. The van der Waals surface area contributed by atoms with Gasteiger partial charge in [0.2, 0.25) is 0 Å². The standard InChI is InChI=1S/C7H12O4.C6H4F2.H2O/c1-3-10-6(8)5-7(9)11-4-2;7-5-3-1-2-4-6(5)8;/h3-5H2,1-2H3;1-4H;1H2. The fraction of sp³-hybridized carbons (Fsp3) is 0.385. The molecule has 0 atom stereocenters. The molecule has 0 saturated carbocycles. The number of rotatable bonds is 4. The summed E-state index contributed by atoms with van der Waals surface area (Å²) in [5.74, 6) is -2.67. The summed E-state index contributed by atoms with van der Waals surface area (Å²) < 4.78 is 32.9. The predicted octanol–water partition coefficient (Wildman–Crippen LogP) is 1.64. The average molecular weight is 292 g/mol. The Morgan fingerprint density at radius 2 is 1.30 bits per heavy atom. The van der Waals surface area contributed by atoms with Crippen molar-refractivity contribution in [1.29, 1.82) is 0 Å². The summed E-state index contributed by atoms with van der Waals surface area (Å²) in [5.41, 5.74) is 0. The maximum Gasteiger partial charge on any atom is 0.317 e. The van der Waals surface area contributed by atoms with Crippen LogP contribution in [0.15, 0.2) is 24.3 Å². The molecule has 0 aliphatic carbocycles. The molecule has 20 heavy (non-hydrogen) atoms. The molecule has 0 amide bonds. The molecular formula is C13H18F2O5. The van der Waals surface area contributed by atoms with Crippen molar-refractivity contribution in [3.8, 4) is 0 Å². The average Bonchev–Trinajstić information content (AvgIpc) is 2.34. The van der Waals surface area contributed by atoms with Crippen LogP contribution >= 0.6 is 0 Å². The summed E-state index contributed by atoms with van der Waals surface area (Å²) in [5, 5.41) is 0. The lowest BCUT2D eigenvalue weighted by Gasteiger charge is -2.00. The second kappa shape index (κ2) is 12.0. The van der Waals surface area contributed by atoms with E-state index >= 15 is 0 Å². The first kappa shape index (κ1) is 20.3. The van der Waals surface area contributed by atoms with Crippen LogP contribution in [0.3, 0.4) is 0 Å². The van der Waals surface area contributed by atoms with Crippen molar-refractivity contribution in [2.75, 3.05) is 13.2 Å². The van der Waals surface area contributed by atoms with Gasteiger partial charge in [-0.15, -0.1) is 0 Å². The van der Waals surface area contributed by atoms with Crippen LogP contribution < -0.4 is 0 Å². The van der Waals surface area contributed by atoms with Crippen molar-refractivity contribution >= 4 is 11.9 Å². The Morgan fingerprint density at radius 1 is 0.950 bits per heavy atom. The topological polar surface area (TPSA) is 84.1 Å². The van der Waals surface area contributed by atoms with Gasteiger partial charge in [0.1, 0.15) is 6.42 Å². The Labute approximate surface area is 115 Å². The molecule has 0 aliphatic rings. The van der Waals surface area contributed by atoms with Crippen LogP contribution in [-0.4, -0.2) is 30.6 Å². The first-order valence-corrected chi connectivity index (χ1v) is 5.72. The van der Waals surface area contributed by atoms with Gasteiger partial charge in [-0.05, 0) is 26.0 Å². The van der Waals surface area contributed by atoms with Gasteiger partial charge in [-0.25, -0.2) is 8.78 Å². The maximum absolute atomic E-state index is 11.9. The van der Waals surface area contributed by atoms with E-state index in [1.807, 2.05) is 0 Å². The van der Waals surface area contributed by atoms with Gasteiger partial charge >= 0.3 is 11.9 Å². The van der Waals surface area contributed by atoms with E-state index < -0.39 is 23.6 Å². The molecule has 0 spiro atoms. The molecule has 1 aromatic carbocycles. The van der Waals surface area contributed by atoms with Gasteiger partial charge in [-0.2, -0.15) is 0 Å². The molecule has 0 heterocycles. The second-order valence-electron chi connectivity index (χ2n) is 3.20. The van der Waals surface area contributed by atoms with Gasteiger partial charge in [0.25, 0.3) is 0 Å². The summed E-state index contributed by atoms with van der Waals surface area (Å²) in [7, 11) is 0. The lowest BCUT2D eigenvalue weighted by atomic mass is 10.3. The highest BCUT2D eigenvalue weighted by Crippen LogP contribution is 2.01. The highest BCUT2D eigenvalue weighted by atomic mass is 19.2. The zero-order valence-electron chi connectivity index (χ0n) is 11.3. The molecule has 114 valence electrons. The fourth-order valence-corrected chi connectivity index (χ4v) is 0.981. The van der Waals surface area contributed by atoms with Gasteiger partial charge < -0.3 is 14.9 Å². The number of halogens is 2. The SMILES string of the molecule is CCOC(=O)CC(=O)OCC.Fc1ccccc1F.O. The molecule has 1 rings (SSSR count). The summed E-state index contributed by atoms with van der Waals surface area (Å²) in [4.78, 5) is 21.2. The lowest BCUT2D eigenvalue weighted by Crippen LogP contribution is -2.13. The zero-order chi connectivity index (χ0) is 14.7. The molecule has 5 nitrogen and oxygen atoms in total. The normalized spacial score (nSPS) is 8.60. The summed E-state index contributed by atoms with van der Waals surface area (Å²) >= 11 is 0. The Bertz CT molecular complexity index is 373. The van der Waals surface area contributed by atoms with Crippen LogP contribution in [0.2, 0.25) is 0 Å². The Balaban J connectivity index is 0. The predicted molar refractivity (Wildman–Crippen MR) is 67.9 cm³/mol. The minimum Gasteiger partial charge on any atom is -0.466 e. The Morgan fingerprint density at radius 3 is 1.55 bits per heavy atom. The summed E-state index contributed by atoms with van der Waals surface area (Å²) in [6, 6.07) is 5.04. The van der Waals surface area contributed by atoms with Crippen LogP contribution in [0, 0.1) is 11.6 Å². The Kier molecular flexibility index (Phi) is 12.2. The van der Waals surface area contributed by atoms with Crippen LogP contribution in [-0.2, 0) is 19.1 Å². The smallest absolute Gasteiger partial charge is 0.317 e. The van der Waals surface area contributed by atoms with Crippen molar-refractivity contribution in [2.45, 2.75) is 20.3 Å². The van der Waals surface area contributed by atoms with E-state index in [-0.39, 0.29) is 25.1 Å². The number of hydrogen-bond acceptors (Lipinski definition) is 4. The number of ether oxygens (including phenoxy) is 2. The van der Waals surface area contributed by atoms with Crippen molar-refractivity contribution in [2.24, 2.45) is 0 Å². The van der Waals surface area contributed by atoms with Crippen LogP contribution in [0.1, 0.15) is 20.3 Å². The van der Waals surface area contributed by atoms with E-state index in [0.29, 0.717) is 0 Å². The van der Waals surface area contributed by atoms with Crippen molar-refractivity contribution in [3.05, 3.63) is 35.9 Å². The van der Waals surface area contributed by atoms with Gasteiger partial charge in [-0.1, -0.05) is 12.1 Å². The van der Waals surface area contributed by atoms with E-state index in [1.54, 1.807) is 13.8 Å². The molecule has 7 heteroatoms. The van der Waals surface area contributed by atoms with Crippen LogP contribution in [0.25, 0.3) is 0 Å². The highest BCUT2D eigenvalue weighted by molar-refractivity contribution is 5.91. The quantitative estimate of drug-likeness (QED) is 0.624. The van der Waals surface area contributed by atoms with E-state index in [4.69, 9.17) is 0 Å². The number of esters is 2. The minimum atomic E-state index is -0.799. The summed E-state index contributed by atoms with van der Waals surface area (Å²) in [6.45, 7) is 3.95. The molecule has 0 radical (unpaired) electrons. The molecule has 0 bridgehead atoms. The Hall–Kier alpha value is -2.02. The first-order chi connectivity index (χ1) is 9.01. The van der Waals surface area contributed by atoms with Crippen molar-refractivity contribution < 1.29 is 33.3 Å². The van der Waals surface area contributed by atoms with Gasteiger partial charge in [-0.3, -0.25) is 9.59 Å². The number of carbonyl (C=O) groups excluding carboxylic acids is 2. The molecule has 0 unspecified atom stereocenters. The molecule has 0 saturated heterocycles. The van der Waals surface area contributed by atoms with Crippen LogP contribution in [0.4, 0.5) is 8.78 Å². The second-order valence-corrected chi connectivity index (χ2v) is 3.20. The van der Waals surface area contributed by atoms with Gasteiger partial charge in [0, 0.05) is 0 Å². The molecule has 0 aliphatic heterocycles.